The lowest BCUT2D eigenvalue weighted by Crippen LogP contribution is -2.47. The Balaban J connectivity index is 1.83. The zero-order valence-electron chi connectivity index (χ0n) is 12.9. The smallest absolute Gasteiger partial charge is 0.251 e. The maximum Gasteiger partial charge on any atom is 0.251 e. The van der Waals surface area contributed by atoms with Crippen LogP contribution in [0.5, 0.6) is 0 Å². The SMILES string of the molecule is Cc1cc2cc(CC(=O)N3CCOCC3C)ccc2[nH]c1=O. The number of carbonyl (C=O) groups is 1. The molecule has 1 amide bonds. The number of hydrogen-bond acceptors (Lipinski definition) is 3. The lowest BCUT2D eigenvalue weighted by molar-refractivity contribution is -0.138. The molecule has 5 nitrogen and oxygen atoms in total. The highest BCUT2D eigenvalue weighted by Gasteiger charge is 2.23. The average Bonchev–Trinajstić information content (AvgIpc) is 2.49. The van der Waals surface area contributed by atoms with Crippen LogP contribution < -0.4 is 5.56 Å². The van der Waals surface area contributed by atoms with Gasteiger partial charge >= 0.3 is 0 Å². The van der Waals surface area contributed by atoms with Gasteiger partial charge in [0.1, 0.15) is 0 Å². The van der Waals surface area contributed by atoms with Crippen molar-refractivity contribution in [2.45, 2.75) is 26.3 Å². The molecule has 0 bridgehead atoms. The molecule has 1 aliphatic heterocycles. The van der Waals surface area contributed by atoms with Gasteiger partial charge in [-0.2, -0.15) is 0 Å². The number of aryl methyl sites for hydroxylation is 1. The number of rotatable bonds is 2. The predicted molar refractivity (Wildman–Crippen MR) is 85.0 cm³/mol. The van der Waals surface area contributed by atoms with E-state index in [2.05, 4.69) is 4.98 Å². The van der Waals surface area contributed by atoms with E-state index >= 15 is 0 Å². The summed E-state index contributed by atoms with van der Waals surface area (Å²) in [4.78, 5) is 28.8. The van der Waals surface area contributed by atoms with Crippen LogP contribution >= 0.6 is 0 Å². The van der Waals surface area contributed by atoms with Crippen molar-refractivity contribution in [3.05, 3.63) is 45.7 Å². The normalized spacial score (nSPS) is 18.6. The summed E-state index contributed by atoms with van der Waals surface area (Å²) in [7, 11) is 0. The molecule has 1 aliphatic rings. The Labute approximate surface area is 128 Å². The minimum atomic E-state index is -0.0709. The summed E-state index contributed by atoms with van der Waals surface area (Å²) >= 11 is 0. The summed E-state index contributed by atoms with van der Waals surface area (Å²) in [6.07, 6.45) is 0.373. The Morgan fingerprint density at radius 1 is 1.41 bits per heavy atom. The molecule has 0 saturated carbocycles. The molecule has 1 unspecified atom stereocenters. The average molecular weight is 300 g/mol. The van der Waals surface area contributed by atoms with Crippen LogP contribution in [0, 0.1) is 6.92 Å². The molecule has 1 fully saturated rings. The number of aromatic amines is 1. The molecule has 1 aromatic carbocycles. The van der Waals surface area contributed by atoms with Crippen LogP contribution in [0.3, 0.4) is 0 Å². The standard InChI is InChI=1S/C17H20N2O3/c1-11-7-14-8-13(3-4-15(14)18-17(11)21)9-16(20)19-5-6-22-10-12(19)2/h3-4,7-8,12H,5-6,9-10H2,1-2H3,(H,18,21). The molecular formula is C17H20N2O3. The first-order valence-corrected chi connectivity index (χ1v) is 7.54. The fourth-order valence-corrected chi connectivity index (χ4v) is 2.85. The summed E-state index contributed by atoms with van der Waals surface area (Å²) in [6.45, 7) is 5.65. The van der Waals surface area contributed by atoms with Crippen molar-refractivity contribution in [2.75, 3.05) is 19.8 Å². The molecule has 2 heterocycles. The Kier molecular flexibility index (Phi) is 3.98. The molecule has 116 valence electrons. The predicted octanol–water partition coefficient (Wildman–Crippen LogP) is 1.63. The van der Waals surface area contributed by atoms with Crippen LogP contribution in [0.25, 0.3) is 10.9 Å². The lowest BCUT2D eigenvalue weighted by atomic mass is 10.1. The van der Waals surface area contributed by atoms with Gasteiger partial charge in [0.05, 0.1) is 25.7 Å². The van der Waals surface area contributed by atoms with E-state index in [4.69, 9.17) is 4.74 Å². The molecule has 1 aromatic heterocycles. The first kappa shape index (κ1) is 14.8. The Morgan fingerprint density at radius 3 is 3.00 bits per heavy atom. The van der Waals surface area contributed by atoms with Gasteiger partial charge in [0.15, 0.2) is 0 Å². The third kappa shape index (κ3) is 2.90. The summed E-state index contributed by atoms with van der Waals surface area (Å²) in [6, 6.07) is 7.72. The molecule has 5 heteroatoms. The number of benzene rings is 1. The number of nitrogens with one attached hydrogen (secondary N) is 1. The molecule has 1 saturated heterocycles. The van der Waals surface area contributed by atoms with Crippen LogP contribution in [-0.4, -0.2) is 41.6 Å². The van der Waals surface area contributed by atoms with Gasteiger partial charge < -0.3 is 14.6 Å². The summed E-state index contributed by atoms with van der Waals surface area (Å²) in [5, 5.41) is 0.956. The molecule has 3 rings (SSSR count). The topological polar surface area (TPSA) is 62.4 Å². The molecule has 22 heavy (non-hydrogen) atoms. The number of morpholine rings is 1. The first-order valence-electron chi connectivity index (χ1n) is 7.54. The fraction of sp³-hybridized carbons (Fsp3) is 0.412. The Hall–Kier alpha value is -2.14. The lowest BCUT2D eigenvalue weighted by Gasteiger charge is -2.33. The van der Waals surface area contributed by atoms with Gasteiger partial charge in [-0.3, -0.25) is 9.59 Å². The zero-order valence-corrected chi connectivity index (χ0v) is 12.9. The molecular weight excluding hydrogens is 280 g/mol. The molecule has 1 N–H and O–H groups in total. The maximum absolute atomic E-state index is 12.4. The second-order valence-corrected chi connectivity index (χ2v) is 5.89. The number of carbonyl (C=O) groups excluding carboxylic acids is 1. The minimum absolute atomic E-state index is 0.0709. The van der Waals surface area contributed by atoms with Crippen molar-refractivity contribution >= 4 is 16.8 Å². The van der Waals surface area contributed by atoms with Gasteiger partial charge in [0.2, 0.25) is 5.91 Å². The summed E-state index contributed by atoms with van der Waals surface area (Å²) < 4.78 is 5.37. The highest BCUT2D eigenvalue weighted by Crippen LogP contribution is 2.16. The van der Waals surface area contributed by atoms with E-state index in [0.717, 1.165) is 16.5 Å². The van der Waals surface area contributed by atoms with Crippen molar-refractivity contribution < 1.29 is 9.53 Å². The number of hydrogen-bond donors (Lipinski definition) is 1. The van der Waals surface area contributed by atoms with E-state index in [9.17, 15) is 9.59 Å². The first-order chi connectivity index (χ1) is 10.5. The van der Waals surface area contributed by atoms with E-state index in [0.29, 0.717) is 31.7 Å². The van der Waals surface area contributed by atoms with E-state index in [1.807, 2.05) is 36.1 Å². The summed E-state index contributed by atoms with van der Waals surface area (Å²) in [5.74, 6) is 0.122. The number of H-pyrrole nitrogens is 1. The van der Waals surface area contributed by atoms with Crippen molar-refractivity contribution in [1.29, 1.82) is 0 Å². The van der Waals surface area contributed by atoms with Crippen LogP contribution in [0.1, 0.15) is 18.1 Å². The second kappa shape index (κ2) is 5.93. The quantitative estimate of drug-likeness (QED) is 0.917. The van der Waals surface area contributed by atoms with Crippen LogP contribution in [0.4, 0.5) is 0 Å². The van der Waals surface area contributed by atoms with E-state index in [1.54, 1.807) is 6.92 Å². The number of aromatic nitrogens is 1. The molecule has 0 spiro atoms. The highest BCUT2D eigenvalue weighted by atomic mass is 16.5. The fourth-order valence-electron chi connectivity index (χ4n) is 2.85. The number of nitrogens with zero attached hydrogens (tertiary/aromatic N) is 1. The molecule has 2 aromatic rings. The van der Waals surface area contributed by atoms with Crippen molar-refractivity contribution in [3.8, 4) is 0 Å². The van der Waals surface area contributed by atoms with Crippen molar-refractivity contribution in [3.63, 3.8) is 0 Å². The largest absolute Gasteiger partial charge is 0.377 e. The highest BCUT2D eigenvalue weighted by molar-refractivity contribution is 5.83. The number of amides is 1. The Bertz CT molecular complexity index is 766. The third-order valence-electron chi connectivity index (χ3n) is 4.14. The van der Waals surface area contributed by atoms with E-state index in [1.165, 1.54) is 0 Å². The van der Waals surface area contributed by atoms with Crippen molar-refractivity contribution in [1.82, 2.24) is 9.88 Å². The van der Waals surface area contributed by atoms with Crippen molar-refractivity contribution in [2.24, 2.45) is 0 Å². The molecule has 1 atom stereocenters. The number of fused-ring (bicyclic) bond motifs is 1. The van der Waals surface area contributed by atoms with Crippen LogP contribution in [0.2, 0.25) is 0 Å². The van der Waals surface area contributed by atoms with Gasteiger partial charge in [0.25, 0.3) is 5.56 Å². The van der Waals surface area contributed by atoms with E-state index < -0.39 is 0 Å². The van der Waals surface area contributed by atoms with E-state index in [-0.39, 0.29) is 17.5 Å². The minimum Gasteiger partial charge on any atom is -0.377 e. The molecule has 0 aliphatic carbocycles. The summed E-state index contributed by atoms with van der Waals surface area (Å²) in [5.41, 5.74) is 2.37. The van der Waals surface area contributed by atoms with Crippen LogP contribution in [0.15, 0.2) is 29.1 Å². The second-order valence-electron chi connectivity index (χ2n) is 5.89. The number of ether oxygens (including phenoxy) is 1. The molecule has 0 radical (unpaired) electrons. The van der Waals surface area contributed by atoms with Crippen LogP contribution in [-0.2, 0) is 16.0 Å². The number of pyridine rings is 1. The third-order valence-corrected chi connectivity index (χ3v) is 4.14. The monoisotopic (exact) mass is 300 g/mol. The zero-order chi connectivity index (χ0) is 15.7. The van der Waals surface area contributed by atoms with Gasteiger partial charge in [0, 0.05) is 17.6 Å². The van der Waals surface area contributed by atoms with Gasteiger partial charge in [-0.1, -0.05) is 6.07 Å². The van der Waals surface area contributed by atoms with Gasteiger partial charge in [-0.05, 0) is 43.0 Å². The Morgan fingerprint density at radius 2 is 2.23 bits per heavy atom. The van der Waals surface area contributed by atoms with Gasteiger partial charge in [-0.25, -0.2) is 0 Å². The maximum atomic E-state index is 12.4. The van der Waals surface area contributed by atoms with Gasteiger partial charge in [-0.15, -0.1) is 0 Å².